The molecule has 1 aliphatic carbocycles. The summed E-state index contributed by atoms with van der Waals surface area (Å²) >= 11 is 0. The van der Waals surface area contributed by atoms with Crippen LogP contribution in [0.5, 0.6) is 0 Å². The zero-order valence-electron chi connectivity index (χ0n) is 14.0. The smallest absolute Gasteiger partial charge is 0.275 e. The van der Waals surface area contributed by atoms with Gasteiger partial charge >= 0.3 is 0 Å². The summed E-state index contributed by atoms with van der Waals surface area (Å²) in [5.74, 6) is 0.875. The van der Waals surface area contributed by atoms with Crippen LogP contribution in [0.4, 0.5) is 0 Å². The van der Waals surface area contributed by atoms with E-state index in [0.717, 1.165) is 30.2 Å². The van der Waals surface area contributed by atoms with Crippen molar-refractivity contribution in [2.45, 2.75) is 65.5 Å². The van der Waals surface area contributed by atoms with Crippen molar-refractivity contribution in [1.29, 1.82) is 0 Å². The number of carbonyl (C=O) groups excluding carboxylic acids is 2. The van der Waals surface area contributed by atoms with E-state index in [1.165, 1.54) is 12.8 Å². The van der Waals surface area contributed by atoms with Crippen LogP contribution in [-0.4, -0.2) is 43.5 Å². The molecule has 0 spiro atoms. The number of likely N-dealkylation sites (N-methyl/N-ethyl adjacent to an activating group) is 1. The van der Waals surface area contributed by atoms with Crippen LogP contribution in [0.3, 0.4) is 0 Å². The third kappa shape index (κ3) is 7.46. The lowest BCUT2D eigenvalue weighted by molar-refractivity contribution is -0.881. The van der Waals surface area contributed by atoms with Gasteiger partial charge in [-0.05, 0) is 52.4 Å². The van der Waals surface area contributed by atoms with Gasteiger partial charge in [0.2, 0.25) is 0 Å². The molecular formula is C16H32N3O2+. The standard InChI is InChI=1S/C16H31N3O2/c1-5-19(10-15(20)17-12(2)3)11-16(21)18-14-8-6-13(4)7-9-14/h12-14H,5-11H2,1-4H3,(H,17,20)(H,18,21)/p+1. The van der Waals surface area contributed by atoms with Crippen molar-refractivity contribution in [1.82, 2.24) is 10.6 Å². The highest BCUT2D eigenvalue weighted by Gasteiger charge is 2.22. The van der Waals surface area contributed by atoms with Crippen LogP contribution in [-0.2, 0) is 9.59 Å². The van der Waals surface area contributed by atoms with E-state index in [2.05, 4.69) is 17.6 Å². The molecular weight excluding hydrogens is 266 g/mol. The van der Waals surface area contributed by atoms with Crippen LogP contribution in [0.25, 0.3) is 0 Å². The molecule has 122 valence electrons. The Balaban J connectivity index is 2.31. The van der Waals surface area contributed by atoms with Crippen molar-refractivity contribution in [2.75, 3.05) is 19.6 Å². The quantitative estimate of drug-likeness (QED) is 0.625. The largest absolute Gasteiger partial charge is 0.349 e. The first-order valence-electron chi connectivity index (χ1n) is 8.33. The second kappa shape index (κ2) is 9.03. The van der Waals surface area contributed by atoms with Gasteiger partial charge in [0, 0.05) is 12.1 Å². The molecule has 5 nitrogen and oxygen atoms in total. The minimum atomic E-state index is 0.0149. The van der Waals surface area contributed by atoms with Crippen LogP contribution < -0.4 is 15.5 Å². The first kappa shape index (κ1) is 18.0. The summed E-state index contributed by atoms with van der Waals surface area (Å²) in [6, 6.07) is 0.477. The maximum absolute atomic E-state index is 12.1. The van der Waals surface area contributed by atoms with Crippen molar-refractivity contribution >= 4 is 11.8 Å². The highest BCUT2D eigenvalue weighted by Crippen LogP contribution is 2.23. The average molecular weight is 298 g/mol. The Morgan fingerprint density at radius 2 is 1.67 bits per heavy atom. The van der Waals surface area contributed by atoms with Crippen molar-refractivity contribution < 1.29 is 14.5 Å². The minimum absolute atomic E-state index is 0.0149. The molecule has 1 fully saturated rings. The topological polar surface area (TPSA) is 62.6 Å². The number of nitrogens with one attached hydrogen (secondary N) is 3. The van der Waals surface area contributed by atoms with Crippen LogP contribution in [0.1, 0.15) is 53.4 Å². The van der Waals surface area contributed by atoms with Gasteiger partial charge in [-0.2, -0.15) is 0 Å². The third-order valence-corrected chi connectivity index (χ3v) is 4.15. The molecule has 21 heavy (non-hydrogen) atoms. The number of hydrogen-bond donors (Lipinski definition) is 3. The second-order valence-electron chi connectivity index (χ2n) is 6.70. The SMILES string of the molecule is CC[NH+](CC(=O)NC(C)C)CC(=O)NC1CCC(C)CC1. The van der Waals surface area contributed by atoms with Gasteiger partial charge in [0.1, 0.15) is 0 Å². The van der Waals surface area contributed by atoms with E-state index in [9.17, 15) is 9.59 Å². The van der Waals surface area contributed by atoms with E-state index < -0.39 is 0 Å². The molecule has 3 N–H and O–H groups in total. The van der Waals surface area contributed by atoms with E-state index >= 15 is 0 Å². The molecule has 1 aliphatic rings. The fourth-order valence-electron chi connectivity index (χ4n) is 2.82. The number of rotatable bonds is 7. The summed E-state index contributed by atoms with van der Waals surface area (Å²) in [6.45, 7) is 9.70. The number of amides is 2. The number of hydrogen-bond acceptors (Lipinski definition) is 2. The predicted octanol–water partition coefficient (Wildman–Crippen LogP) is 0.111. The van der Waals surface area contributed by atoms with E-state index in [1.807, 2.05) is 20.8 Å². The van der Waals surface area contributed by atoms with E-state index in [1.54, 1.807) is 0 Å². The lowest BCUT2D eigenvalue weighted by Crippen LogP contribution is -3.14. The first-order chi connectivity index (χ1) is 9.90. The lowest BCUT2D eigenvalue weighted by Gasteiger charge is -2.27. The number of quaternary nitrogens is 1. The Kier molecular flexibility index (Phi) is 7.72. The van der Waals surface area contributed by atoms with E-state index in [-0.39, 0.29) is 17.9 Å². The molecule has 1 rings (SSSR count). The Bertz CT molecular complexity index is 336. The molecule has 5 heteroatoms. The van der Waals surface area contributed by atoms with E-state index in [4.69, 9.17) is 0 Å². The van der Waals surface area contributed by atoms with Crippen LogP contribution >= 0.6 is 0 Å². The maximum atomic E-state index is 12.1. The normalized spacial score (nSPS) is 23.7. The minimum Gasteiger partial charge on any atom is -0.349 e. The summed E-state index contributed by atoms with van der Waals surface area (Å²) in [4.78, 5) is 24.9. The van der Waals surface area contributed by atoms with Crippen LogP contribution in [0.2, 0.25) is 0 Å². The fraction of sp³-hybridized carbons (Fsp3) is 0.875. The maximum Gasteiger partial charge on any atom is 0.275 e. The molecule has 0 aromatic rings. The summed E-state index contributed by atoms with van der Waals surface area (Å²) in [6.07, 6.45) is 4.57. The van der Waals surface area contributed by atoms with Gasteiger partial charge in [0.15, 0.2) is 13.1 Å². The summed E-state index contributed by atoms with van der Waals surface area (Å²) in [5.41, 5.74) is 0. The summed E-state index contributed by atoms with van der Waals surface area (Å²) < 4.78 is 0. The zero-order valence-corrected chi connectivity index (χ0v) is 14.0. The van der Waals surface area contributed by atoms with Gasteiger partial charge in [-0.25, -0.2) is 0 Å². The second-order valence-corrected chi connectivity index (χ2v) is 6.70. The molecule has 0 heterocycles. The van der Waals surface area contributed by atoms with Crippen LogP contribution in [0.15, 0.2) is 0 Å². The zero-order chi connectivity index (χ0) is 15.8. The molecule has 1 saturated carbocycles. The Labute approximate surface area is 128 Å². The van der Waals surface area contributed by atoms with Crippen molar-refractivity contribution in [3.05, 3.63) is 0 Å². The molecule has 1 atom stereocenters. The first-order valence-corrected chi connectivity index (χ1v) is 8.33. The molecule has 0 saturated heterocycles. The van der Waals surface area contributed by atoms with Crippen molar-refractivity contribution in [3.63, 3.8) is 0 Å². The highest BCUT2D eigenvalue weighted by atomic mass is 16.2. The van der Waals surface area contributed by atoms with Crippen LogP contribution in [0, 0.1) is 5.92 Å². The van der Waals surface area contributed by atoms with Crippen molar-refractivity contribution in [3.8, 4) is 0 Å². The van der Waals surface area contributed by atoms with Gasteiger partial charge in [-0.3, -0.25) is 9.59 Å². The number of carbonyl (C=O) groups is 2. The van der Waals surface area contributed by atoms with Gasteiger partial charge in [-0.15, -0.1) is 0 Å². The highest BCUT2D eigenvalue weighted by molar-refractivity contribution is 5.79. The fourth-order valence-corrected chi connectivity index (χ4v) is 2.82. The lowest BCUT2D eigenvalue weighted by atomic mass is 9.87. The molecule has 2 amide bonds. The monoisotopic (exact) mass is 298 g/mol. The van der Waals surface area contributed by atoms with Gasteiger partial charge < -0.3 is 15.5 Å². The van der Waals surface area contributed by atoms with Gasteiger partial charge in [-0.1, -0.05) is 6.92 Å². The Morgan fingerprint density at radius 3 is 2.19 bits per heavy atom. The predicted molar refractivity (Wildman–Crippen MR) is 84.1 cm³/mol. The molecule has 0 bridgehead atoms. The summed E-state index contributed by atoms with van der Waals surface area (Å²) in [5, 5.41) is 6.00. The molecule has 0 aromatic heterocycles. The van der Waals surface area contributed by atoms with Crippen molar-refractivity contribution in [2.24, 2.45) is 5.92 Å². The molecule has 0 aliphatic heterocycles. The summed E-state index contributed by atoms with van der Waals surface area (Å²) in [7, 11) is 0. The third-order valence-electron chi connectivity index (χ3n) is 4.15. The Morgan fingerprint density at radius 1 is 1.10 bits per heavy atom. The van der Waals surface area contributed by atoms with Gasteiger partial charge in [0.25, 0.3) is 11.8 Å². The molecule has 1 unspecified atom stereocenters. The average Bonchev–Trinajstić information content (AvgIpc) is 2.39. The van der Waals surface area contributed by atoms with E-state index in [0.29, 0.717) is 19.1 Å². The Hall–Kier alpha value is -1.10. The van der Waals surface area contributed by atoms with Gasteiger partial charge in [0.05, 0.1) is 6.54 Å². The molecule has 0 aromatic carbocycles. The molecule has 0 radical (unpaired) electrons.